The molecule has 12 heavy (non-hydrogen) atoms. The molecule has 0 aromatic carbocycles. The lowest BCUT2D eigenvalue weighted by molar-refractivity contribution is 0.153. The smallest absolute Gasteiger partial charge is 0.0543 e. The first-order valence-corrected chi connectivity index (χ1v) is 5.38. The van der Waals surface area contributed by atoms with Crippen molar-refractivity contribution >= 4 is 11.3 Å². The topological polar surface area (TPSA) is 20.2 Å². The van der Waals surface area contributed by atoms with Crippen LogP contribution in [0.4, 0.5) is 0 Å². The van der Waals surface area contributed by atoms with Gasteiger partial charge < -0.3 is 5.11 Å². The van der Waals surface area contributed by atoms with Crippen LogP contribution in [0.2, 0.25) is 0 Å². The van der Waals surface area contributed by atoms with Gasteiger partial charge in [0, 0.05) is 0 Å². The predicted molar refractivity (Wildman–Crippen MR) is 53.6 cm³/mol. The second kappa shape index (κ2) is 4.63. The molecule has 0 aliphatic rings. The van der Waals surface area contributed by atoms with Crippen molar-refractivity contribution in [3.05, 3.63) is 22.4 Å². The second-order valence-electron chi connectivity index (χ2n) is 3.26. The Balaban J connectivity index is 2.44. The molecular weight excluding hydrogens is 168 g/mol. The maximum absolute atomic E-state index is 9.43. The summed E-state index contributed by atoms with van der Waals surface area (Å²) in [5, 5.41) is 13.7. The summed E-state index contributed by atoms with van der Waals surface area (Å²) in [6.07, 6.45) is 1.60. The summed E-state index contributed by atoms with van der Waals surface area (Å²) in [5.74, 6) is 0.492. The van der Waals surface area contributed by atoms with Crippen LogP contribution in [0.1, 0.15) is 38.2 Å². The van der Waals surface area contributed by atoms with Crippen molar-refractivity contribution in [1.82, 2.24) is 0 Å². The number of hydrogen-bond acceptors (Lipinski definition) is 2. The van der Waals surface area contributed by atoms with Gasteiger partial charge in [0.2, 0.25) is 0 Å². The first-order chi connectivity index (χ1) is 5.74. The Morgan fingerprint density at radius 1 is 1.58 bits per heavy atom. The second-order valence-corrected chi connectivity index (χ2v) is 4.04. The molecule has 68 valence electrons. The molecule has 2 atom stereocenters. The van der Waals surface area contributed by atoms with E-state index in [1.54, 1.807) is 11.3 Å². The highest BCUT2D eigenvalue weighted by Crippen LogP contribution is 2.23. The summed E-state index contributed by atoms with van der Waals surface area (Å²) in [5.41, 5.74) is 1.35. The number of aliphatic hydroxyl groups is 1. The standard InChI is InChI=1S/C10H16OS/c1-3-10(11)6-8(2)9-4-5-12-7-9/h4-5,7-8,10-11H,3,6H2,1-2H3. The third kappa shape index (κ3) is 2.61. The summed E-state index contributed by atoms with van der Waals surface area (Å²) in [4.78, 5) is 0. The van der Waals surface area contributed by atoms with E-state index >= 15 is 0 Å². The Morgan fingerprint density at radius 3 is 2.83 bits per heavy atom. The fourth-order valence-electron chi connectivity index (χ4n) is 1.27. The molecule has 0 fully saturated rings. The van der Waals surface area contributed by atoms with Crippen molar-refractivity contribution in [3.8, 4) is 0 Å². The number of aliphatic hydroxyl groups excluding tert-OH is 1. The maximum atomic E-state index is 9.43. The molecule has 2 unspecified atom stereocenters. The summed E-state index contributed by atoms with van der Waals surface area (Å²) >= 11 is 1.72. The SMILES string of the molecule is CCC(O)CC(C)c1ccsc1. The highest BCUT2D eigenvalue weighted by Gasteiger charge is 2.10. The van der Waals surface area contributed by atoms with Gasteiger partial charge in [0.1, 0.15) is 0 Å². The van der Waals surface area contributed by atoms with Crippen LogP contribution in [0.5, 0.6) is 0 Å². The Bertz CT molecular complexity index is 206. The monoisotopic (exact) mass is 184 g/mol. The Morgan fingerprint density at radius 2 is 2.33 bits per heavy atom. The molecule has 1 rings (SSSR count). The van der Waals surface area contributed by atoms with Gasteiger partial charge in [-0.3, -0.25) is 0 Å². The van der Waals surface area contributed by atoms with Gasteiger partial charge >= 0.3 is 0 Å². The molecule has 2 heteroatoms. The van der Waals surface area contributed by atoms with Gasteiger partial charge in [-0.1, -0.05) is 13.8 Å². The lowest BCUT2D eigenvalue weighted by Gasteiger charge is -2.13. The molecule has 1 aromatic rings. The van der Waals surface area contributed by atoms with E-state index in [1.165, 1.54) is 5.56 Å². The van der Waals surface area contributed by atoms with Crippen LogP contribution in [0.15, 0.2) is 16.8 Å². The van der Waals surface area contributed by atoms with E-state index in [1.807, 2.05) is 6.92 Å². The molecule has 1 aromatic heterocycles. The molecule has 0 spiro atoms. The normalized spacial score (nSPS) is 15.9. The van der Waals surface area contributed by atoms with Crippen LogP contribution < -0.4 is 0 Å². The third-order valence-electron chi connectivity index (χ3n) is 2.21. The molecule has 0 saturated carbocycles. The largest absolute Gasteiger partial charge is 0.393 e. The molecule has 1 nitrogen and oxygen atoms in total. The minimum absolute atomic E-state index is 0.139. The van der Waals surface area contributed by atoms with Gasteiger partial charge in [-0.25, -0.2) is 0 Å². The maximum Gasteiger partial charge on any atom is 0.0543 e. The van der Waals surface area contributed by atoms with Gasteiger partial charge in [0.15, 0.2) is 0 Å². The Labute approximate surface area is 78.1 Å². The molecule has 0 aliphatic carbocycles. The minimum atomic E-state index is -0.139. The highest BCUT2D eigenvalue weighted by atomic mass is 32.1. The predicted octanol–water partition coefficient (Wildman–Crippen LogP) is 3.01. The van der Waals surface area contributed by atoms with Crippen LogP contribution in [-0.2, 0) is 0 Å². The molecule has 0 aliphatic heterocycles. The summed E-state index contributed by atoms with van der Waals surface area (Å²) in [7, 11) is 0. The molecule has 1 heterocycles. The van der Waals surface area contributed by atoms with E-state index in [-0.39, 0.29) is 6.10 Å². The lowest BCUT2D eigenvalue weighted by Crippen LogP contribution is -2.08. The van der Waals surface area contributed by atoms with Gasteiger partial charge in [0.05, 0.1) is 6.10 Å². The Hall–Kier alpha value is -0.340. The zero-order valence-electron chi connectivity index (χ0n) is 7.66. The van der Waals surface area contributed by atoms with Crippen molar-refractivity contribution in [2.45, 2.75) is 38.7 Å². The first-order valence-electron chi connectivity index (χ1n) is 4.44. The van der Waals surface area contributed by atoms with Crippen molar-refractivity contribution in [2.75, 3.05) is 0 Å². The van der Waals surface area contributed by atoms with Crippen molar-refractivity contribution in [1.29, 1.82) is 0 Å². The zero-order valence-corrected chi connectivity index (χ0v) is 8.47. The van der Waals surface area contributed by atoms with E-state index in [9.17, 15) is 5.11 Å². The third-order valence-corrected chi connectivity index (χ3v) is 2.91. The Kier molecular flexibility index (Phi) is 3.76. The average molecular weight is 184 g/mol. The molecular formula is C10H16OS. The van der Waals surface area contributed by atoms with E-state index in [4.69, 9.17) is 0 Å². The quantitative estimate of drug-likeness (QED) is 0.762. The molecule has 1 N–H and O–H groups in total. The van der Waals surface area contributed by atoms with Crippen molar-refractivity contribution in [3.63, 3.8) is 0 Å². The van der Waals surface area contributed by atoms with Crippen LogP contribution >= 0.6 is 11.3 Å². The molecule has 0 saturated heterocycles. The van der Waals surface area contributed by atoms with Crippen molar-refractivity contribution in [2.24, 2.45) is 0 Å². The fraction of sp³-hybridized carbons (Fsp3) is 0.600. The van der Waals surface area contributed by atoms with Crippen LogP contribution in [0, 0.1) is 0 Å². The molecule has 0 radical (unpaired) electrons. The van der Waals surface area contributed by atoms with E-state index in [2.05, 4.69) is 23.8 Å². The fourth-order valence-corrected chi connectivity index (χ4v) is 2.05. The van der Waals surface area contributed by atoms with Gasteiger partial charge in [0.25, 0.3) is 0 Å². The number of hydrogen-bond donors (Lipinski definition) is 1. The summed E-state index contributed by atoms with van der Waals surface area (Å²) < 4.78 is 0. The van der Waals surface area contributed by atoms with Crippen LogP contribution in [-0.4, -0.2) is 11.2 Å². The van der Waals surface area contributed by atoms with Crippen molar-refractivity contribution < 1.29 is 5.11 Å². The lowest BCUT2D eigenvalue weighted by atomic mass is 9.97. The van der Waals surface area contributed by atoms with E-state index in [0.717, 1.165) is 12.8 Å². The highest BCUT2D eigenvalue weighted by molar-refractivity contribution is 7.07. The van der Waals surface area contributed by atoms with Gasteiger partial charge in [-0.2, -0.15) is 11.3 Å². The molecule has 0 amide bonds. The van der Waals surface area contributed by atoms with Crippen LogP contribution in [0.3, 0.4) is 0 Å². The average Bonchev–Trinajstić information content (AvgIpc) is 2.56. The van der Waals surface area contributed by atoms with E-state index in [0.29, 0.717) is 5.92 Å². The first kappa shape index (κ1) is 9.75. The number of rotatable bonds is 4. The van der Waals surface area contributed by atoms with Gasteiger partial charge in [-0.05, 0) is 41.1 Å². The summed E-state index contributed by atoms with van der Waals surface area (Å²) in [6.45, 7) is 4.19. The van der Waals surface area contributed by atoms with E-state index < -0.39 is 0 Å². The summed E-state index contributed by atoms with van der Waals surface area (Å²) in [6, 6.07) is 2.14. The minimum Gasteiger partial charge on any atom is -0.393 e. The van der Waals surface area contributed by atoms with Crippen LogP contribution in [0.25, 0.3) is 0 Å². The number of thiophene rings is 1. The zero-order chi connectivity index (χ0) is 8.97. The van der Waals surface area contributed by atoms with Gasteiger partial charge in [-0.15, -0.1) is 0 Å². The molecule has 0 bridgehead atoms.